The van der Waals surface area contributed by atoms with Gasteiger partial charge in [0.1, 0.15) is 0 Å². The summed E-state index contributed by atoms with van der Waals surface area (Å²) in [7, 11) is 4.29. The van der Waals surface area contributed by atoms with Gasteiger partial charge in [-0.15, -0.1) is 0 Å². The van der Waals surface area contributed by atoms with Crippen LogP contribution in [-0.2, 0) is 4.79 Å². The number of nitrogens with one attached hydrogen (secondary N) is 1. The maximum atomic E-state index is 12.3. The number of rotatable bonds is 5. The molecule has 1 N–H and O–H groups in total. The van der Waals surface area contributed by atoms with E-state index in [-0.39, 0.29) is 23.7 Å². The van der Waals surface area contributed by atoms with E-state index in [1.807, 2.05) is 6.92 Å². The third-order valence-corrected chi connectivity index (χ3v) is 4.73. The summed E-state index contributed by atoms with van der Waals surface area (Å²) in [5.74, 6) is 0.279. The topological polar surface area (TPSA) is 35.6 Å². The van der Waals surface area contributed by atoms with Gasteiger partial charge in [0.25, 0.3) is 0 Å². The second kappa shape index (κ2) is 5.17. The van der Waals surface area contributed by atoms with Gasteiger partial charge in [-0.2, -0.15) is 0 Å². The molecule has 0 spiro atoms. The average Bonchev–Trinajstić information content (AvgIpc) is 2.50. The molecule has 0 bridgehead atoms. The van der Waals surface area contributed by atoms with Crippen molar-refractivity contribution in [3.63, 3.8) is 0 Å². The smallest absolute Gasteiger partial charge is 0.240 e. The summed E-state index contributed by atoms with van der Waals surface area (Å²) in [5.41, 5.74) is 0.230. The summed E-state index contributed by atoms with van der Waals surface area (Å²) in [6, 6.07) is -0.0131. The van der Waals surface area contributed by atoms with Gasteiger partial charge in [0.2, 0.25) is 5.91 Å². The van der Waals surface area contributed by atoms with Crippen molar-refractivity contribution in [2.45, 2.75) is 63.7 Å². The van der Waals surface area contributed by atoms with Crippen LogP contribution in [0.1, 0.15) is 46.0 Å². The van der Waals surface area contributed by atoms with Crippen LogP contribution < -0.4 is 5.32 Å². The number of carbonyl (C=O) groups is 1. The third-order valence-electron chi connectivity index (χ3n) is 4.73. The fraction of sp³-hybridized carbons (Fsp3) is 0.929. The van der Waals surface area contributed by atoms with E-state index >= 15 is 0 Å². The quantitative estimate of drug-likeness (QED) is 0.805. The Kier molecular flexibility index (Phi) is 3.97. The largest absolute Gasteiger partial charge is 0.324 e. The van der Waals surface area contributed by atoms with Crippen LogP contribution in [0.25, 0.3) is 0 Å². The zero-order valence-corrected chi connectivity index (χ0v) is 12.2. The molecule has 0 radical (unpaired) electrons. The van der Waals surface area contributed by atoms with Crippen LogP contribution in [0, 0.1) is 0 Å². The first-order valence-electron chi connectivity index (χ1n) is 7.24. The van der Waals surface area contributed by atoms with E-state index < -0.39 is 0 Å². The molecule has 0 aromatic carbocycles. The molecule has 2 atom stereocenters. The van der Waals surface area contributed by atoms with Gasteiger partial charge in [0, 0.05) is 12.1 Å². The molecule has 2 fully saturated rings. The normalized spacial score (nSPS) is 30.9. The lowest BCUT2D eigenvalue weighted by Gasteiger charge is -2.50. The Hall–Kier alpha value is -0.610. The Morgan fingerprint density at radius 2 is 2.11 bits per heavy atom. The van der Waals surface area contributed by atoms with Crippen LogP contribution in [-0.4, -0.2) is 54.1 Å². The molecule has 4 heteroatoms. The van der Waals surface area contributed by atoms with E-state index in [2.05, 4.69) is 36.1 Å². The zero-order chi connectivity index (χ0) is 13.3. The van der Waals surface area contributed by atoms with Crippen molar-refractivity contribution < 1.29 is 4.79 Å². The van der Waals surface area contributed by atoms with Crippen LogP contribution in [0.3, 0.4) is 0 Å². The predicted molar refractivity (Wildman–Crippen MR) is 73.3 cm³/mol. The Bertz CT molecular complexity index is 312. The number of amides is 1. The molecule has 1 aliphatic heterocycles. The molecule has 2 rings (SSSR count). The maximum absolute atomic E-state index is 12.3. The Balaban J connectivity index is 2.07. The lowest BCUT2D eigenvalue weighted by Crippen LogP contribution is -2.59. The van der Waals surface area contributed by atoms with Crippen LogP contribution in [0.4, 0.5) is 0 Å². The van der Waals surface area contributed by atoms with Crippen molar-refractivity contribution in [2.24, 2.45) is 0 Å². The highest BCUT2D eigenvalue weighted by atomic mass is 16.2. The van der Waals surface area contributed by atoms with Crippen LogP contribution in [0.5, 0.6) is 0 Å². The van der Waals surface area contributed by atoms with E-state index in [4.69, 9.17) is 0 Å². The molecule has 104 valence electrons. The molecule has 2 aliphatic rings. The van der Waals surface area contributed by atoms with Crippen molar-refractivity contribution in [1.29, 1.82) is 0 Å². The maximum Gasteiger partial charge on any atom is 0.240 e. The average molecular weight is 253 g/mol. The molecule has 1 heterocycles. The first-order valence-corrected chi connectivity index (χ1v) is 7.24. The number of carbonyl (C=O) groups excluding carboxylic acids is 1. The van der Waals surface area contributed by atoms with Crippen molar-refractivity contribution in [2.75, 3.05) is 20.6 Å². The standard InChI is InChI=1S/C14H27N3O/c1-5-7-12-15-11(2)13(18)17(12)10-14(16(3)4)8-6-9-14/h11-12,15H,5-10H2,1-4H3. The van der Waals surface area contributed by atoms with E-state index in [1.165, 1.54) is 19.3 Å². The molecule has 1 amide bonds. The van der Waals surface area contributed by atoms with Gasteiger partial charge in [-0.3, -0.25) is 10.1 Å². The van der Waals surface area contributed by atoms with Gasteiger partial charge in [-0.05, 0) is 46.7 Å². The molecule has 1 saturated heterocycles. The summed E-state index contributed by atoms with van der Waals surface area (Å²) >= 11 is 0. The van der Waals surface area contributed by atoms with E-state index in [0.29, 0.717) is 0 Å². The molecule has 18 heavy (non-hydrogen) atoms. The van der Waals surface area contributed by atoms with Crippen molar-refractivity contribution >= 4 is 5.91 Å². The second-order valence-corrected chi connectivity index (χ2v) is 6.13. The van der Waals surface area contributed by atoms with Gasteiger partial charge in [0.15, 0.2) is 0 Å². The van der Waals surface area contributed by atoms with E-state index in [0.717, 1.165) is 19.4 Å². The van der Waals surface area contributed by atoms with Crippen LogP contribution in [0.15, 0.2) is 0 Å². The fourth-order valence-electron chi connectivity index (χ4n) is 3.20. The SMILES string of the molecule is CCCC1NC(C)C(=O)N1CC1(N(C)C)CCC1. The van der Waals surface area contributed by atoms with Gasteiger partial charge in [-0.1, -0.05) is 13.3 Å². The molecule has 0 aromatic heterocycles. The number of nitrogens with zero attached hydrogens (tertiary/aromatic N) is 2. The van der Waals surface area contributed by atoms with Crippen molar-refractivity contribution in [1.82, 2.24) is 15.1 Å². The minimum absolute atomic E-state index is 0.0131. The van der Waals surface area contributed by atoms with Crippen molar-refractivity contribution in [3.8, 4) is 0 Å². The molecular weight excluding hydrogens is 226 g/mol. The molecule has 1 saturated carbocycles. The van der Waals surface area contributed by atoms with Gasteiger partial charge in [-0.25, -0.2) is 0 Å². The molecule has 0 aromatic rings. The summed E-state index contributed by atoms with van der Waals surface area (Å²) < 4.78 is 0. The Morgan fingerprint density at radius 1 is 1.44 bits per heavy atom. The minimum Gasteiger partial charge on any atom is -0.324 e. The molecular formula is C14H27N3O. The lowest BCUT2D eigenvalue weighted by molar-refractivity contribution is -0.132. The Morgan fingerprint density at radius 3 is 2.56 bits per heavy atom. The fourth-order valence-corrected chi connectivity index (χ4v) is 3.20. The number of hydrogen-bond acceptors (Lipinski definition) is 3. The van der Waals surface area contributed by atoms with Gasteiger partial charge in [0.05, 0.1) is 12.2 Å². The first kappa shape index (κ1) is 13.8. The minimum atomic E-state index is -0.0131. The third kappa shape index (κ3) is 2.28. The molecule has 4 nitrogen and oxygen atoms in total. The highest BCUT2D eigenvalue weighted by Gasteiger charge is 2.45. The lowest BCUT2D eigenvalue weighted by atomic mass is 9.75. The highest BCUT2D eigenvalue weighted by molar-refractivity contribution is 5.84. The summed E-state index contributed by atoms with van der Waals surface area (Å²) in [6.07, 6.45) is 6.15. The van der Waals surface area contributed by atoms with Gasteiger partial charge >= 0.3 is 0 Å². The monoisotopic (exact) mass is 253 g/mol. The zero-order valence-electron chi connectivity index (χ0n) is 12.2. The first-order chi connectivity index (χ1) is 8.50. The number of hydrogen-bond donors (Lipinski definition) is 1. The molecule has 1 aliphatic carbocycles. The summed E-state index contributed by atoms with van der Waals surface area (Å²) in [6.45, 7) is 5.05. The van der Waals surface area contributed by atoms with E-state index in [1.54, 1.807) is 0 Å². The van der Waals surface area contributed by atoms with Crippen LogP contribution in [0.2, 0.25) is 0 Å². The van der Waals surface area contributed by atoms with E-state index in [9.17, 15) is 4.79 Å². The number of likely N-dealkylation sites (N-methyl/N-ethyl adjacent to an activating group) is 1. The Labute approximate surface area is 111 Å². The molecule has 2 unspecified atom stereocenters. The second-order valence-electron chi connectivity index (χ2n) is 6.13. The summed E-state index contributed by atoms with van der Waals surface area (Å²) in [5, 5.41) is 3.42. The van der Waals surface area contributed by atoms with Crippen molar-refractivity contribution in [3.05, 3.63) is 0 Å². The van der Waals surface area contributed by atoms with Gasteiger partial charge < -0.3 is 9.80 Å². The van der Waals surface area contributed by atoms with Crippen LogP contribution >= 0.6 is 0 Å². The predicted octanol–water partition coefficient (Wildman–Crippen LogP) is 1.42. The summed E-state index contributed by atoms with van der Waals surface area (Å²) in [4.78, 5) is 16.7. The highest BCUT2D eigenvalue weighted by Crippen LogP contribution is 2.38.